The summed E-state index contributed by atoms with van der Waals surface area (Å²) in [6, 6.07) is 0. The standard InChI is InChI=1S/2C5H9S.C3H6.2ClH.Zr/c2*1-3-4-5(2)6;1-3-2;;;/h2*4H,3H2,1-2H3;3H,1H2,2H3;2*1H;/q;;;;;+2/p-2. The summed E-state index contributed by atoms with van der Waals surface area (Å²) in [6.07, 6.45) is 4.20. The van der Waals surface area contributed by atoms with Crippen molar-refractivity contribution < 1.29 is 48.0 Å². The molecule has 0 N–H and O–H groups in total. The van der Waals surface area contributed by atoms with E-state index in [0.29, 0.717) is 0 Å². The van der Waals surface area contributed by atoms with Crippen molar-refractivity contribution in [3.63, 3.8) is 0 Å². The number of allylic oxidation sites excluding steroid dienone is 1. The second kappa shape index (κ2) is 18.4. The van der Waals surface area contributed by atoms with Crippen molar-refractivity contribution in [1.82, 2.24) is 0 Å². The van der Waals surface area contributed by atoms with Gasteiger partial charge in [0.1, 0.15) is 0 Å². The molecule has 0 radical (unpaired) electrons. The van der Waals surface area contributed by atoms with E-state index in [-0.39, 0.29) is 24.8 Å². The molecule has 18 heavy (non-hydrogen) atoms. The summed E-state index contributed by atoms with van der Waals surface area (Å²) in [4.78, 5) is 2.42. The number of rotatable bonds is 6. The van der Waals surface area contributed by atoms with Crippen molar-refractivity contribution in [3.8, 4) is 0 Å². The summed E-state index contributed by atoms with van der Waals surface area (Å²) in [5, 5.41) is 0. The Morgan fingerprint density at radius 3 is 1.39 bits per heavy atom. The van der Waals surface area contributed by atoms with Gasteiger partial charge in [0.05, 0.1) is 0 Å². The Kier molecular flexibility index (Phi) is 28.3. The Morgan fingerprint density at radius 1 is 1.06 bits per heavy atom. The third kappa shape index (κ3) is 15.4. The molecule has 0 aromatic rings. The number of hydrogen-bond donors (Lipinski definition) is 0. The van der Waals surface area contributed by atoms with Crippen LogP contribution in [0.25, 0.3) is 0 Å². The summed E-state index contributed by atoms with van der Waals surface area (Å²) in [7, 11) is 0. The van der Waals surface area contributed by atoms with Crippen LogP contribution >= 0.6 is 24.4 Å². The molecular formula is C13H24Cl2S2Zr. The quantitative estimate of drug-likeness (QED) is 0.429. The molecule has 2 unspecified atom stereocenters. The zero-order valence-corrected chi connectivity index (χ0v) is 17.5. The van der Waals surface area contributed by atoms with Crippen molar-refractivity contribution in [2.45, 2.75) is 54.7 Å². The van der Waals surface area contributed by atoms with Crippen molar-refractivity contribution in [1.29, 1.82) is 0 Å². The minimum atomic E-state index is -0.427. The van der Waals surface area contributed by atoms with Crippen LogP contribution in [0.4, 0.5) is 0 Å². The van der Waals surface area contributed by atoms with Gasteiger partial charge in [-0.15, -0.1) is 6.58 Å². The van der Waals surface area contributed by atoms with Gasteiger partial charge in [0, 0.05) is 0 Å². The van der Waals surface area contributed by atoms with Gasteiger partial charge in [-0.1, -0.05) is 6.08 Å². The molecule has 0 aromatic carbocycles. The monoisotopic (exact) mass is 404 g/mol. The van der Waals surface area contributed by atoms with Crippen LogP contribution in [0.2, 0.25) is 7.25 Å². The molecule has 2 atom stereocenters. The Labute approximate surface area is 148 Å². The van der Waals surface area contributed by atoms with Crippen LogP contribution in [0.5, 0.6) is 0 Å². The summed E-state index contributed by atoms with van der Waals surface area (Å²) in [5.41, 5.74) is 0. The van der Waals surface area contributed by atoms with Gasteiger partial charge in [0.25, 0.3) is 0 Å². The van der Waals surface area contributed by atoms with E-state index in [2.05, 4.69) is 34.3 Å². The zero-order valence-electron chi connectivity index (χ0n) is 11.9. The van der Waals surface area contributed by atoms with E-state index in [9.17, 15) is 0 Å². The first kappa shape index (κ1) is 27.7. The molecule has 5 heteroatoms. The third-order valence-corrected chi connectivity index (χ3v) is 9.91. The number of halogens is 2. The van der Waals surface area contributed by atoms with E-state index in [0.717, 1.165) is 7.25 Å². The van der Waals surface area contributed by atoms with E-state index in [1.165, 1.54) is 22.6 Å². The van der Waals surface area contributed by atoms with Gasteiger partial charge in [-0.25, -0.2) is 0 Å². The summed E-state index contributed by atoms with van der Waals surface area (Å²) in [6.45, 7) is 13.9. The first-order valence-electron chi connectivity index (χ1n) is 5.78. The van der Waals surface area contributed by atoms with Crippen molar-refractivity contribution >= 4 is 34.2 Å². The normalized spacial score (nSPS) is 11.2. The smallest absolute Gasteiger partial charge is 1.00 e. The number of thiocarbonyl (C=S) groups is 2. The second-order valence-corrected chi connectivity index (χ2v) is 9.25. The summed E-state index contributed by atoms with van der Waals surface area (Å²) in [5.74, 6) is 0. The first-order valence-corrected chi connectivity index (χ1v) is 9.43. The van der Waals surface area contributed by atoms with Gasteiger partial charge in [-0.2, -0.15) is 0 Å². The average Bonchev–Trinajstić information content (AvgIpc) is 2.19. The minimum absolute atomic E-state index is 0. The molecule has 0 nitrogen and oxygen atoms in total. The first-order chi connectivity index (χ1) is 7.44. The van der Waals surface area contributed by atoms with Crippen LogP contribution in [-0.2, 0) is 23.2 Å². The minimum Gasteiger partial charge on any atom is -1.00 e. The van der Waals surface area contributed by atoms with Crippen LogP contribution < -0.4 is 24.8 Å². The van der Waals surface area contributed by atoms with Crippen LogP contribution in [0.3, 0.4) is 0 Å². The van der Waals surface area contributed by atoms with Gasteiger partial charge >= 0.3 is 105 Å². The SMILES string of the molecule is C=CC.CC[CH]([Zr+2][CH](CC)C(C)=S)C(C)=S.[Cl-].[Cl-]. The molecule has 0 spiro atoms. The van der Waals surface area contributed by atoms with Crippen LogP contribution in [0.1, 0.15) is 47.5 Å². The van der Waals surface area contributed by atoms with Gasteiger partial charge < -0.3 is 24.8 Å². The van der Waals surface area contributed by atoms with E-state index >= 15 is 0 Å². The van der Waals surface area contributed by atoms with E-state index in [4.69, 9.17) is 24.4 Å². The van der Waals surface area contributed by atoms with Gasteiger partial charge in [-0.05, 0) is 6.92 Å². The fourth-order valence-electron chi connectivity index (χ4n) is 1.29. The van der Waals surface area contributed by atoms with Crippen molar-refractivity contribution in [3.05, 3.63) is 12.7 Å². The molecule has 0 aliphatic rings. The fourth-order valence-corrected chi connectivity index (χ4v) is 5.93. The molecule has 0 bridgehead atoms. The molecule has 0 aromatic heterocycles. The van der Waals surface area contributed by atoms with Gasteiger partial charge in [-0.3, -0.25) is 0 Å². The predicted molar refractivity (Wildman–Crippen MR) is 80.5 cm³/mol. The molecular weight excluding hydrogens is 382 g/mol. The Bertz CT molecular complexity index is 213. The zero-order chi connectivity index (χ0) is 13.1. The Balaban J connectivity index is -0.000000177. The fraction of sp³-hybridized carbons (Fsp3) is 0.692. The van der Waals surface area contributed by atoms with Crippen LogP contribution in [-0.4, -0.2) is 9.73 Å². The summed E-state index contributed by atoms with van der Waals surface area (Å²) < 4.78 is 1.50. The maximum Gasteiger partial charge on any atom is -1.00 e. The maximum atomic E-state index is 5.27. The Morgan fingerprint density at radius 2 is 1.28 bits per heavy atom. The molecule has 0 amide bonds. The molecule has 0 heterocycles. The largest absolute Gasteiger partial charge is 1.00 e. The second-order valence-electron chi connectivity index (χ2n) is 3.72. The topological polar surface area (TPSA) is 0 Å². The molecule has 0 saturated carbocycles. The third-order valence-electron chi connectivity index (χ3n) is 2.20. The number of hydrogen-bond acceptors (Lipinski definition) is 2. The molecule has 0 aliphatic heterocycles. The molecule has 0 aliphatic carbocycles. The van der Waals surface area contributed by atoms with Crippen molar-refractivity contribution in [2.75, 3.05) is 0 Å². The van der Waals surface area contributed by atoms with Crippen molar-refractivity contribution in [2.24, 2.45) is 0 Å². The summed E-state index contributed by atoms with van der Waals surface area (Å²) >= 11 is 10.1. The molecule has 0 saturated heterocycles. The van der Waals surface area contributed by atoms with Crippen LogP contribution in [0.15, 0.2) is 12.7 Å². The van der Waals surface area contributed by atoms with E-state index in [1.807, 2.05) is 6.92 Å². The van der Waals surface area contributed by atoms with Gasteiger partial charge in [0.2, 0.25) is 0 Å². The maximum absolute atomic E-state index is 5.27. The van der Waals surface area contributed by atoms with E-state index in [1.54, 1.807) is 6.08 Å². The predicted octanol–water partition coefficient (Wildman–Crippen LogP) is -0.554. The van der Waals surface area contributed by atoms with Gasteiger partial charge in [0.15, 0.2) is 0 Å². The average molecular weight is 407 g/mol. The van der Waals surface area contributed by atoms with E-state index < -0.39 is 23.2 Å². The molecule has 0 fully saturated rings. The Hall–Kier alpha value is 1.38. The molecule has 0 rings (SSSR count). The molecule has 106 valence electrons. The van der Waals surface area contributed by atoms with Crippen LogP contribution in [0, 0.1) is 0 Å².